The SMILES string of the molecule is CC(C)NC(=O)NC(=O)COc1c(Br)cccc1Br. The molecule has 104 valence electrons. The lowest BCUT2D eigenvalue weighted by molar-refractivity contribution is -0.122. The number of amides is 3. The molecule has 19 heavy (non-hydrogen) atoms. The van der Waals surface area contributed by atoms with Crippen LogP contribution in [0.25, 0.3) is 0 Å². The van der Waals surface area contributed by atoms with Crippen LogP contribution in [0.4, 0.5) is 4.79 Å². The predicted molar refractivity (Wildman–Crippen MR) is 79.1 cm³/mol. The summed E-state index contributed by atoms with van der Waals surface area (Å²) in [5, 5.41) is 4.73. The van der Waals surface area contributed by atoms with Crippen molar-refractivity contribution < 1.29 is 14.3 Å². The van der Waals surface area contributed by atoms with E-state index in [0.29, 0.717) is 5.75 Å². The van der Waals surface area contributed by atoms with E-state index in [0.717, 1.165) is 8.95 Å². The van der Waals surface area contributed by atoms with Crippen molar-refractivity contribution in [1.29, 1.82) is 0 Å². The zero-order valence-corrected chi connectivity index (χ0v) is 13.7. The average molecular weight is 394 g/mol. The zero-order chi connectivity index (χ0) is 14.4. The molecule has 7 heteroatoms. The Morgan fingerprint density at radius 1 is 1.26 bits per heavy atom. The normalized spacial score (nSPS) is 10.2. The lowest BCUT2D eigenvalue weighted by atomic mass is 10.3. The Morgan fingerprint density at radius 3 is 2.37 bits per heavy atom. The summed E-state index contributed by atoms with van der Waals surface area (Å²) in [7, 11) is 0. The smallest absolute Gasteiger partial charge is 0.321 e. The van der Waals surface area contributed by atoms with Crippen molar-refractivity contribution in [2.45, 2.75) is 19.9 Å². The number of ether oxygens (including phenoxy) is 1. The van der Waals surface area contributed by atoms with Crippen molar-refractivity contribution in [2.75, 3.05) is 6.61 Å². The number of rotatable bonds is 4. The van der Waals surface area contributed by atoms with Gasteiger partial charge in [-0.2, -0.15) is 0 Å². The van der Waals surface area contributed by atoms with E-state index in [-0.39, 0.29) is 12.6 Å². The third-order valence-corrected chi connectivity index (χ3v) is 3.19. The Labute approximate surface area is 128 Å². The van der Waals surface area contributed by atoms with Crippen LogP contribution in [0, 0.1) is 0 Å². The highest BCUT2D eigenvalue weighted by molar-refractivity contribution is 9.11. The molecular weight excluding hydrogens is 380 g/mol. The van der Waals surface area contributed by atoms with Gasteiger partial charge in [-0.25, -0.2) is 4.79 Å². The molecule has 0 saturated carbocycles. The highest BCUT2D eigenvalue weighted by Crippen LogP contribution is 2.32. The third-order valence-electron chi connectivity index (χ3n) is 1.94. The maximum absolute atomic E-state index is 11.5. The molecule has 1 rings (SSSR count). The summed E-state index contributed by atoms with van der Waals surface area (Å²) in [6.07, 6.45) is 0. The molecule has 0 fully saturated rings. The number of carbonyl (C=O) groups excluding carboxylic acids is 2. The van der Waals surface area contributed by atoms with E-state index in [1.54, 1.807) is 26.0 Å². The molecular formula is C12H14Br2N2O3. The number of hydrogen-bond acceptors (Lipinski definition) is 3. The summed E-state index contributed by atoms with van der Waals surface area (Å²) >= 11 is 6.63. The summed E-state index contributed by atoms with van der Waals surface area (Å²) in [6, 6.07) is 4.85. The van der Waals surface area contributed by atoms with Crippen LogP contribution >= 0.6 is 31.9 Å². The number of nitrogens with one attached hydrogen (secondary N) is 2. The molecule has 0 spiro atoms. The van der Waals surface area contributed by atoms with Crippen LogP contribution in [-0.2, 0) is 4.79 Å². The summed E-state index contributed by atoms with van der Waals surface area (Å²) in [4.78, 5) is 22.8. The molecule has 0 saturated heterocycles. The molecule has 0 bridgehead atoms. The standard InChI is InChI=1S/C12H14Br2N2O3/c1-7(2)15-12(18)16-10(17)6-19-11-8(13)4-3-5-9(11)14/h3-5,7H,6H2,1-2H3,(H2,15,16,17,18). The Kier molecular flexibility index (Phi) is 6.30. The summed E-state index contributed by atoms with van der Waals surface area (Å²) in [5.41, 5.74) is 0. The number of carbonyl (C=O) groups is 2. The average Bonchev–Trinajstić information content (AvgIpc) is 2.26. The van der Waals surface area contributed by atoms with E-state index < -0.39 is 11.9 Å². The van der Waals surface area contributed by atoms with Gasteiger partial charge < -0.3 is 10.1 Å². The Bertz CT molecular complexity index is 458. The number of para-hydroxylation sites is 1. The van der Waals surface area contributed by atoms with E-state index in [2.05, 4.69) is 42.5 Å². The molecule has 2 N–H and O–H groups in total. The van der Waals surface area contributed by atoms with Gasteiger partial charge in [0.25, 0.3) is 5.91 Å². The fourth-order valence-corrected chi connectivity index (χ4v) is 2.45. The van der Waals surface area contributed by atoms with Crippen LogP contribution in [0.1, 0.15) is 13.8 Å². The van der Waals surface area contributed by atoms with Crippen LogP contribution in [0.2, 0.25) is 0 Å². The van der Waals surface area contributed by atoms with E-state index in [1.165, 1.54) is 0 Å². The van der Waals surface area contributed by atoms with E-state index in [1.807, 2.05) is 6.07 Å². The summed E-state index contributed by atoms with van der Waals surface area (Å²) in [6.45, 7) is 3.37. The topological polar surface area (TPSA) is 67.4 Å². The molecule has 0 aliphatic rings. The highest BCUT2D eigenvalue weighted by atomic mass is 79.9. The molecule has 3 amide bonds. The van der Waals surface area contributed by atoms with Crippen LogP contribution in [0.3, 0.4) is 0 Å². The number of hydrogen-bond donors (Lipinski definition) is 2. The van der Waals surface area contributed by atoms with Crippen molar-refractivity contribution in [2.24, 2.45) is 0 Å². The quantitative estimate of drug-likeness (QED) is 0.826. The molecule has 0 aliphatic carbocycles. The minimum absolute atomic E-state index is 0.0360. The molecule has 0 aliphatic heterocycles. The fourth-order valence-electron chi connectivity index (χ4n) is 1.22. The molecule has 0 radical (unpaired) electrons. The fraction of sp³-hybridized carbons (Fsp3) is 0.333. The monoisotopic (exact) mass is 392 g/mol. The number of halogens is 2. The maximum Gasteiger partial charge on any atom is 0.321 e. The van der Waals surface area contributed by atoms with Gasteiger partial charge in [-0.3, -0.25) is 10.1 Å². The van der Waals surface area contributed by atoms with Crippen molar-refractivity contribution >= 4 is 43.8 Å². The Balaban J connectivity index is 2.49. The largest absolute Gasteiger partial charge is 0.481 e. The van der Waals surface area contributed by atoms with Crippen LogP contribution in [0.5, 0.6) is 5.75 Å². The van der Waals surface area contributed by atoms with Gasteiger partial charge in [0.1, 0.15) is 5.75 Å². The first-order valence-corrected chi connectivity index (χ1v) is 7.16. The minimum atomic E-state index is -0.533. The summed E-state index contributed by atoms with van der Waals surface area (Å²) in [5.74, 6) is 0.00252. The molecule has 5 nitrogen and oxygen atoms in total. The second kappa shape index (κ2) is 7.49. The van der Waals surface area contributed by atoms with E-state index >= 15 is 0 Å². The van der Waals surface area contributed by atoms with Crippen molar-refractivity contribution in [1.82, 2.24) is 10.6 Å². The number of benzene rings is 1. The molecule has 1 aromatic carbocycles. The van der Waals surface area contributed by atoms with Crippen LogP contribution in [0.15, 0.2) is 27.1 Å². The third kappa shape index (κ3) is 5.61. The molecule has 0 aromatic heterocycles. The van der Waals surface area contributed by atoms with Crippen molar-refractivity contribution in [3.05, 3.63) is 27.1 Å². The predicted octanol–water partition coefficient (Wildman–Crippen LogP) is 2.82. The molecule has 0 unspecified atom stereocenters. The van der Waals surface area contributed by atoms with Gasteiger partial charge in [-0.15, -0.1) is 0 Å². The Morgan fingerprint density at radius 2 is 1.84 bits per heavy atom. The second-order valence-corrected chi connectivity index (χ2v) is 5.72. The zero-order valence-electron chi connectivity index (χ0n) is 10.5. The van der Waals surface area contributed by atoms with Gasteiger partial charge in [0.2, 0.25) is 0 Å². The first-order valence-electron chi connectivity index (χ1n) is 5.57. The van der Waals surface area contributed by atoms with Gasteiger partial charge in [0.15, 0.2) is 6.61 Å². The van der Waals surface area contributed by atoms with Crippen LogP contribution in [-0.4, -0.2) is 24.6 Å². The van der Waals surface area contributed by atoms with Gasteiger partial charge in [0.05, 0.1) is 8.95 Å². The lowest BCUT2D eigenvalue weighted by Gasteiger charge is -2.11. The minimum Gasteiger partial charge on any atom is -0.481 e. The van der Waals surface area contributed by atoms with Gasteiger partial charge >= 0.3 is 6.03 Å². The van der Waals surface area contributed by atoms with E-state index in [4.69, 9.17) is 4.74 Å². The van der Waals surface area contributed by atoms with Crippen LogP contribution < -0.4 is 15.4 Å². The molecule has 0 heterocycles. The first-order chi connectivity index (χ1) is 8.90. The molecule has 1 aromatic rings. The lowest BCUT2D eigenvalue weighted by Crippen LogP contribution is -2.44. The van der Waals surface area contributed by atoms with Gasteiger partial charge in [0, 0.05) is 6.04 Å². The van der Waals surface area contributed by atoms with Gasteiger partial charge in [-0.05, 0) is 57.8 Å². The number of urea groups is 1. The maximum atomic E-state index is 11.5. The van der Waals surface area contributed by atoms with Crippen molar-refractivity contribution in [3.63, 3.8) is 0 Å². The number of imide groups is 1. The Hall–Kier alpha value is -1.08. The van der Waals surface area contributed by atoms with Gasteiger partial charge in [-0.1, -0.05) is 6.07 Å². The summed E-state index contributed by atoms with van der Waals surface area (Å²) < 4.78 is 6.80. The van der Waals surface area contributed by atoms with Crippen molar-refractivity contribution in [3.8, 4) is 5.75 Å². The highest BCUT2D eigenvalue weighted by Gasteiger charge is 2.11. The first kappa shape index (κ1) is 16.0. The second-order valence-electron chi connectivity index (χ2n) is 4.02. The van der Waals surface area contributed by atoms with E-state index in [9.17, 15) is 9.59 Å². The molecule has 0 atom stereocenters.